The zero-order valence-corrected chi connectivity index (χ0v) is 15.9. The van der Waals surface area contributed by atoms with Crippen molar-refractivity contribution in [3.05, 3.63) is 64.9 Å². The van der Waals surface area contributed by atoms with E-state index < -0.39 is 0 Å². The van der Waals surface area contributed by atoms with Crippen LogP contribution >= 0.6 is 0 Å². The topological polar surface area (TPSA) is 71.3 Å². The van der Waals surface area contributed by atoms with Gasteiger partial charge in [0.1, 0.15) is 5.58 Å². The summed E-state index contributed by atoms with van der Waals surface area (Å²) >= 11 is 0. The molecule has 0 fully saturated rings. The second-order valence-corrected chi connectivity index (χ2v) is 6.71. The van der Waals surface area contributed by atoms with Gasteiger partial charge in [-0.25, -0.2) is 0 Å². The minimum absolute atomic E-state index is 0.0671. The maximum Gasteiger partial charge on any atom is 0.243 e. The van der Waals surface area contributed by atoms with Gasteiger partial charge in [-0.3, -0.25) is 9.59 Å². The Labute approximate surface area is 158 Å². The number of para-hydroxylation sites is 1. The van der Waals surface area contributed by atoms with Crippen molar-refractivity contribution in [3.63, 3.8) is 0 Å². The molecule has 3 aromatic rings. The molecule has 140 valence electrons. The van der Waals surface area contributed by atoms with Crippen molar-refractivity contribution in [1.82, 2.24) is 5.32 Å². The third-order valence-electron chi connectivity index (χ3n) is 4.67. The van der Waals surface area contributed by atoms with Gasteiger partial charge in [0, 0.05) is 16.6 Å². The molecule has 0 spiro atoms. The third-order valence-corrected chi connectivity index (χ3v) is 4.67. The van der Waals surface area contributed by atoms with Gasteiger partial charge in [0.25, 0.3) is 0 Å². The number of anilines is 1. The standard InChI is InChI=1S/C22H24N2O3/c1-4-16-8-9-18-17(13-27-19(18)10-16)11-20(25)23-12-21(26)24-22-14(2)6-5-7-15(22)3/h5-10,13H,4,11-12H2,1-3H3,(H,23,25)(H,24,26). The lowest BCUT2D eigenvalue weighted by molar-refractivity contribution is -0.123. The highest BCUT2D eigenvalue weighted by atomic mass is 16.3. The molecular weight excluding hydrogens is 340 g/mol. The summed E-state index contributed by atoms with van der Waals surface area (Å²) in [6.07, 6.45) is 2.72. The largest absolute Gasteiger partial charge is 0.464 e. The van der Waals surface area contributed by atoms with Gasteiger partial charge in [0.05, 0.1) is 19.2 Å². The monoisotopic (exact) mass is 364 g/mol. The van der Waals surface area contributed by atoms with Gasteiger partial charge in [-0.05, 0) is 43.0 Å². The summed E-state index contributed by atoms with van der Waals surface area (Å²) < 4.78 is 5.56. The van der Waals surface area contributed by atoms with E-state index in [1.54, 1.807) is 6.26 Å². The maximum atomic E-state index is 12.2. The Hall–Kier alpha value is -3.08. The van der Waals surface area contributed by atoms with E-state index in [4.69, 9.17) is 4.42 Å². The predicted octanol–water partition coefficient (Wildman–Crippen LogP) is 3.91. The van der Waals surface area contributed by atoms with Gasteiger partial charge in [-0.1, -0.05) is 37.3 Å². The first kappa shape index (κ1) is 18.7. The van der Waals surface area contributed by atoms with Crippen molar-refractivity contribution in [2.75, 3.05) is 11.9 Å². The number of benzene rings is 2. The highest BCUT2D eigenvalue weighted by molar-refractivity contribution is 5.96. The number of rotatable bonds is 6. The Morgan fingerprint density at radius 1 is 1.04 bits per heavy atom. The van der Waals surface area contributed by atoms with Crippen LogP contribution in [0.15, 0.2) is 47.1 Å². The Morgan fingerprint density at radius 3 is 2.48 bits per heavy atom. The summed E-state index contributed by atoms with van der Waals surface area (Å²) in [6, 6.07) is 11.8. The number of aryl methyl sites for hydroxylation is 3. The summed E-state index contributed by atoms with van der Waals surface area (Å²) in [4.78, 5) is 24.4. The summed E-state index contributed by atoms with van der Waals surface area (Å²) in [5, 5.41) is 6.47. The van der Waals surface area contributed by atoms with E-state index >= 15 is 0 Å². The van der Waals surface area contributed by atoms with Gasteiger partial charge in [0.2, 0.25) is 11.8 Å². The molecular formula is C22H24N2O3. The van der Waals surface area contributed by atoms with Crippen molar-refractivity contribution in [3.8, 4) is 0 Å². The molecule has 1 aromatic heterocycles. The molecule has 3 rings (SSSR count). The van der Waals surface area contributed by atoms with Gasteiger partial charge in [-0.15, -0.1) is 0 Å². The summed E-state index contributed by atoms with van der Waals surface area (Å²) in [7, 11) is 0. The first-order valence-electron chi connectivity index (χ1n) is 9.09. The van der Waals surface area contributed by atoms with Crippen molar-refractivity contribution in [1.29, 1.82) is 0 Å². The fraction of sp³-hybridized carbons (Fsp3) is 0.273. The molecule has 0 saturated heterocycles. The molecule has 0 bridgehead atoms. The number of hydrogen-bond donors (Lipinski definition) is 2. The van der Waals surface area contributed by atoms with Gasteiger partial charge < -0.3 is 15.1 Å². The Bertz CT molecular complexity index is 968. The van der Waals surface area contributed by atoms with Crippen LogP contribution in [-0.4, -0.2) is 18.4 Å². The molecule has 0 aliphatic rings. The molecule has 2 N–H and O–H groups in total. The van der Waals surface area contributed by atoms with Crippen LogP contribution in [0.5, 0.6) is 0 Å². The molecule has 1 heterocycles. The molecule has 0 atom stereocenters. The average molecular weight is 364 g/mol. The zero-order valence-electron chi connectivity index (χ0n) is 15.9. The SMILES string of the molecule is CCc1ccc2c(CC(=O)NCC(=O)Nc3c(C)cccc3C)coc2c1. The smallest absolute Gasteiger partial charge is 0.243 e. The molecule has 0 radical (unpaired) electrons. The van der Waals surface area contributed by atoms with Crippen LogP contribution in [-0.2, 0) is 22.4 Å². The average Bonchev–Trinajstić information content (AvgIpc) is 3.05. The number of furan rings is 1. The number of nitrogens with one attached hydrogen (secondary N) is 2. The van der Waals surface area contributed by atoms with Crippen LogP contribution in [0.1, 0.15) is 29.2 Å². The van der Waals surface area contributed by atoms with E-state index in [0.29, 0.717) is 0 Å². The second kappa shape index (κ2) is 8.08. The first-order chi connectivity index (χ1) is 13.0. The fourth-order valence-corrected chi connectivity index (χ4v) is 3.09. The second-order valence-electron chi connectivity index (χ2n) is 6.71. The maximum absolute atomic E-state index is 12.2. The quantitative estimate of drug-likeness (QED) is 0.697. The summed E-state index contributed by atoms with van der Waals surface area (Å²) in [6.45, 7) is 5.90. The van der Waals surface area contributed by atoms with E-state index in [-0.39, 0.29) is 24.8 Å². The van der Waals surface area contributed by atoms with E-state index in [2.05, 4.69) is 17.6 Å². The van der Waals surface area contributed by atoms with E-state index in [0.717, 1.165) is 39.8 Å². The van der Waals surface area contributed by atoms with Crippen molar-refractivity contribution in [2.45, 2.75) is 33.6 Å². The van der Waals surface area contributed by atoms with Crippen LogP contribution in [0.25, 0.3) is 11.0 Å². The van der Waals surface area contributed by atoms with E-state index in [1.807, 2.05) is 50.2 Å². The minimum atomic E-state index is -0.245. The fourth-order valence-electron chi connectivity index (χ4n) is 3.09. The van der Waals surface area contributed by atoms with Crippen molar-refractivity contribution < 1.29 is 14.0 Å². The van der Waals surface area contributed by atoms with E-state index in [1.165, 1.54) is 5.56 Å². The highest BCUT2D eigenvalue weighted by Crippen LogP contribution is 2.23. The molecule has 0 unspecified atom stereocenters. The molecule has 0 saturated carbocycles. The Balaban J connectivity index is 1.57. The summed E-state index contributed by atoms with van der Waals surface area (Å²) in [5.74, 6) is -0.459. The van der Waals surface area contributed by atoms with Crippen LogP contribution in [0, 0.1) is 13.8 Å². The predicted molar refractivity (Wildman–Crippen MR) is 107 cm³/mol. The third kappa shape index (κ3) is 4.37. The van der Waals surface area contributed by atoms with Crippen molar-refractivity contribution in [2.24, 2.45) is 0 Å². The molecule has 5 nitrogen and oxygen atoms in total. The van der Waals surface area contributed by atoms with Crippen LogP contribution < -0.4 is 10.6 Å². The van der Waals surface area contributed by atoms with Crippen molar-refractivity contribution >= 4 is 28.5 Å². The number of carbonyl (C=O) groups is 2. The normalized spacial score (nSPS) is 10.8. The van der Waals surface area contributed by atoms with Gasteiger partial charge in [0.15, 0.2) is 0 Å². The lowest BCUT2D eigenvalue weighted by Crippen LogP contribution is -2.34. The molecule has 0 aliphatic heterocycles. The van der Waals surface area contributed by atoms with Crippen LogP contribution in [0.3, 0.4) is 0 Å². The molecule has 5 heteroatoms. The zero-order chi connectivity index (χ0) is 19.4. The number of fused-ring (bicyclic) bond motifs is 1. The van der Waals surface area contributed by atoms with Crippen LogP contribution in [0.4, 0.5) is 5.69 Å². The van der Waals surface area contributed by atoms with E-state index in [9.17, 15) is 9.59 Å². The number of amides is 2. The highest BCUT2D eigenvalue weighted by Gasteiger charge is 2.13. The number of carbonyl (C=O) groups excluding carboxylic acids is 2. The summed E-state index contributed by atoms with van der Waals surface area (Å²) in [5.41, 5.74) is 5.57. The molecule has 2 aromatic carbocycles. The lowest BCUT2D eigenvalue weighted by Gasteiger charge is -2.11. The Kier molecular flexibility index (Phi) is 5.60. The molecule has 2 amide bonds. The minimum Gasteiger partial charge on any atom is -0.464 e. The molecule has 27 heavy (non-hydrogen) atoms. The van der Waals surface area contributed by atoms with Gasteiger partial charge in [-0.2, -0.15) is 0 Å². The van der Waals surface area contributed by atoms with Crippen LogP contribution in [0.2, 0.25) is 0 Å². The van der Waals surface area contributed by atoms with Gasteiger partial charge >= 0.3 is 0 Å². The Morgan fingerprint density at radius 2 is 1.78 bits per heavy atom. The number of hydrogen-bond acceptors (Lipinski definition) is 3. The first-order valence-corrected chi connectivity index (χ1v) is 9.09. The lowest BCUT2D eigenvalue weighted by atomic mass is 10.1. The molecule has 0 aliphatic carbocycles.